The molecule has 0 amide bonds. The number of aryl methyl sites for hydroxylation is 1. The first-order chi connectivity index (χ1) is 14.7. The Morgan fingerprint density at radius 3 is 2.58 bits per heavy atom. The van der Waals surface area contributed by atoms with E-state index in [9.17, 15) is 14.3 Å². The summed E-state index contributed by atoms with van der Waals surface area (Å²) in [5, 5.41) is 16.2. The van der Waals surface area contributed by atoms with E-state index in [0.29, 0.717) is 22.9 Å². The number of hydrogen-bond donors (Lipinski definition) is 3. The number of carbonyl (C=O) groups is 1. The highest BCUT2D eigenvalue weighted by atomic mass is 19.1. The van der Waals surface area contributed by atoms with E-state index in [0.717, 1.165) is 18.4 Å². The Balaban J connectivity index is 1.65. The molecule has 0 saturated heterocycles. The molecule has 3 aromatic rings. The average Bonchev–Trinajstić information content (AvgIpc) is 3.54. The highest BCUT2D eigenvalue weighted by molar-refractivity contribution is 6.04. The second-order valence-corrected chi connectivity index (χ2v) is 8.27. The van der Waals surface area contributed by atoms with Gasteiger partial charge in [-0.05, 0) is 57.4 Å². The van der Waals surface area contributed by atoms with Crippen molar-refractivity contribution >= 4 is 28.9 Å². The second kappa shape index (κ2) is 8.03. The lowest BCUT2D eigenvalue weighted by molar-refractivity contribution is 0.0737. The van der Waals surface area contributed by atoms with E-state index in [1.807, 2.05) is 19.1 Å². The van der Waals surface area contributed by atoms with Crippen LogP contribution >= 0.6 is 0 Å². The molecule has 0 bridgehead atoms. The number of halogens is 1. The van der Waals surface area contributed by atoms with Gasteiger partial charge in [0.1, 0.15) is 17.5 Å². The van der Waals surface area contributed by atoms with Gasteiger partial charge in [-0.25, -0.2) is 15.0 Å². The fourth-order valence-corrected chi connectivity index (χ4v) is 3.22. The average molecular weight is 421 g/mol. The van der Waals surface area contributed by atoms with Gasteiger partial charge in [-0.15, -0.1) is 0 Å². The van der Waals surface area contributed by atoms with Crippen molar-refractivity contribution in [3.05, 3.63) is 65.4 Å². The molecular weight excluding hydrogens is 397 g/mol. The zero-order chi connectivity index (χ0) is 22.2. The number of ketones is 1. The molecule has 1 aliphatic carbocycles. The number of anilines is 4. The van der Waals surface area contributed by atoms with Crippen molar-refractivity contribution in [3.63, 3.8) is 0 Å². The molecule has 3 N–H and O–H groups in total. The van der Waals surface area contributed by atoms with Crippen LogP contribution in [0.2, 0.25) is 0 Å². The molecule has 4 rings (SSSR count). The summed E-state index contributed by atoms with van der Waals surface area (Å²) in [6.07, 6.45) is 4.97. The Morgan fingerprint density at radius 2 is 1.94 bits per heavy atom. The standard InChI is InChI=1S/C23H24FN5O2/c1-13-5-4-10-25-22(13)27-17-11-19(26-12-15(17)20(30)14-6-7-14)28-18-9-8-16(21(24)29-18)23(2,3)31/h4-5,8-12,14,31H,6-7H2,1-3H3,(H2,25,26,27,28,29). The van der Waals surface area contributed by atoms with Crippen LogP contribution in [0, 0.1) is 18.8 Å². The Kier molecular flexibility index (Phi) is 5.41. The van der Waals surface area contributed by atoms with Crippen LogP contribution in [0.25, 0.3) is 0 Å². The second-order valence-electron chi connectivity index (χ2n) is 8.27. The Morgan fingerprint density at radius 1 is 1.16 bits per heavy atom. The van der Waals surface area contributed by atoms with E-state index >= 15 is 0 Å². The molecule has 1 aliphatic rings. The van der Waals surface area contributed by atoms with E-state index in [2.05, 4.69) is 25.6 Å². The summed E-state index contributed by atoms with van der Waals surface area (Å²) in [6.45, 7) is 4.92. The smallest absolute Gasteiger partial charge is 0.220 e. The van der Waals surface area contributed by atoms with E-state index in [1.165, 1.54) is 26.1 Å². The lowest BCUT2D eigenvalue weighted by Crippen LogP contribution is -2.18. The van der Waals surface area contributed by atoms with Crippen molar-refractivity contribution in [2.75, 3.05) is 10.6 Å². The normalized spacial score (nSPS) is 13.7. The maximum atomic E-state index is 14.3. The summed E-state index contributed by atoms with van der Waals surface area (Å²) in [6, 6.07) is 8.50. The number of hydrogen-bond acceptors (Lipinski definition) is 7. The van der Waals surface area contributed by atoms with Gasteiger partial charge in [-0.1, -0.05) is 6.07 Å². The van der Waals surface area contributed by atoms with Gasteiger partial charge in [-0.2, -0.15) is 4.39 Å². The van der Waals surface area contributed by atoms with Crippen LogP contribution in [-0.4, -0.2) is 25.8 Å². The largest absolute Gasteiger partial charge is 0.386 e. The van der Waals surface area contributed by atoms with E-state index < -0.39 is 11.5 Å². The number of aliphatic hydroxyl groups is 1. The van der Waals surface area contributed by atoms with Gasteiger partial charge in [0.05, 0.1) is 16.9 Å². The quantitative estimate of drug-likeness (QED) is 0.378. The first-order valence-corrected chi connectivity index (χ1v) is 10.1. The molecule has 0 atom stereocenters. The van der Waals surface area contributed by atoms with Gasteiger partial charge in [-0.3, -0.25) is 4.79 Å². The van der Waals surface area contributed by atoms with Gasteiger partial charge in [0.25, 0.3) is 0 Å². The third kappa shape index (κ3) is 4.69. The zero-order valence-electron chi connectivity index (χ0n) is 17.6. The Hall–Kier alpha value is -3.39. The third-order valence-corrected chi connectivity index (χ3v) is 5.14. The predicted octanol–water partition coefficient (Wildman–Crippen LogP) is 4.63. The SMILES string of the molecule is Cc1cccnc1Nc1cc(Nc2ccc(C(C)(C)O)c(F)n2)ncc1C(=O)C1CC1. The molecule has 0 unspecified atom stereocenters. The minimum Gasteiger partial charge on any atom is -0.386 e. The number of nitrogens with one attached hydrogen (secondary N) is 2. The summed E-state index contributed by atoms with van der Waals surface area (Å²) in [5.74, 6) is 0.597. The number of pyridine rings is 3. The van der Waals surface area contributed by atoms with Gasteiger partial charge in [0.15, 0.2) is 5.78 Å². The van der Waals surface area contributed by atoms with Gasteiger partial charge >= 0.3 is 0 Å². The monoisotopic (exact) mass is 421 g/mol. The van der Waals surface area contributed by atoms with Crippen LogP contribution in [0.15, 0.2) is 42.7 Å². The molecule has 31 heavy (non-hydrogen) atoms. The lowest BCUT2D eigenvalue weighted by Gasteiger charge is -2.18. The van der Waals surface area contributed by atoms with Crippen LogP contribution in [0.1, 0.15) is 48.2 Å². The molecular formula is C23H24FN5O2. The van der Waals surface area contributed by atoms with Crippen LogP contribution in [0.3, 0.4) is 0 Å². The van der Waals surface area contributed by atoms with Crippen molar-refractivity contribution in [2.24, 2.45) is 5.92 Å². The van der Waals surface area contributed by atoms with E-state index in [4.69, 9.17) is 0 Å². The zero-order valence-corrected chi connectivity index (χ0v) is 17.6. The minimum absolute atomic E-state index is 0.0381. The van der Waals surface area contributed by atoms with E-state index in [-0.39, 0.29) is 23.1 Å². The molecule has 160 valence electrons. The van der Waals surface area contributed by atoms with Crippen LogP contribution in [0.4, 0.5) is 27.5 Å². The molecule has 0 spiro atoms. The molecule has 0 radical (unpaired) electrons. The molecule has 0 aromatic carbocycles. The summed E-state index contributed by atoms with van der Waals surface area (Å²) in [4.78, 5) is 25.3. The summed E-state index contributed by atoms with van der Waals surface area (Å²) in [7, 11) is 0. The predicted molar refractivity (Wildman–Crippen MR) is 116 cm³/mol. The highest BCUT2D eigenvalue weighted by Crippen LogP contribution is 2.36. The van der Waals surface area contributed by atoms with Crippen LogP contribution in [0.5, 0.6) is 0 Å². The molecule has 7 nitrogen and oxygen atoms in total. The third-order valence-electron chi connectivity index (χ3n) is 5.14. The van der Waals surface area contributed by atoms with Crippen LogP contribution < -0.4 is 10.6 Å². The van der Waals surface area contributed by atoms with Crippen molar-refractivity contribution in [1.82, 2.24) is 15.0 Å². The first kappa shape index (κ1) is 20.9. The number of aromatic nitrogens is 3. The molecule has 3 aromatic heterocycles. The van der Waals surface area contributed by atoms with Crippen molar-refractivity contribution in [2.45, 2.75) is 39.2 Å². The highest BCUT2D eigenvalue weighted by Gasteiger charge is 2.32. The van der Waals surface area contributed by atoms with Crippen molar-refractivity contribution in [3.8, 4) is 0 Å². The molecule has 0 aliphatic heterocycles. The summed E-state index contributed by atoms with van der Waals surface area (Å²) < 4.78 is 14.3. The van der Waals surface area contributed by atoms with Gasteiger partial charge in [0, 0.05) is 29.9 Å². The van der Waals surface area contributed by atoms with Crippen molar-refractivity contribution < 1.29 is 14.3 Å². The van der Waals surface area contributed by atoms with E-state index in [1.54, 1.807) is 18.3 Å². The number of nitrogens with zero attached hydrogens (tertiary/aromatic N) is 3. The molecule has 8 heteroatoms. The van der Waals surface area contributed by atoms with Crippen molar-refractivity contribution in [1.29, 1.82) is 0 Å². The lowest BCUT2D eigenvalue weighted by atomic mass is 10.0. The Bertz CT molecular complexity index is 1140. The molecule has 1 fully saturated rings. The maximum absolute atomic E-state index is 14.3. The van der Waals surface area contributed by atoms with Gasteiger partial charge in [0.2, 0.25) is 5.95 Å². The maximum Gasteiger partial charge on any atom is 0.220 e. The fourth-order valence-electron chi connectivity index (χ4n) is 3.22. The summed E-state index contributed by atoms with van der Waals surface area (Å²) >= 11 is 0. The van der Waals surface area contributed by atoms with Crippen LogP contribution in [-0.2, 0) is 5.60 Å². The summed E-state index contributed by atoms with van der Waals surface area (Å²) in [5.41, 5.74) is 0.768. The topological polar surface area (TPSA) is 100 Å². The number of rotatable bonds is 7. The molecule has 1 saturated carbocycles. The Labute approximate surface area is 179 Å². The first-order valence-electron chi connectivity index (χ1n) is 10.1. The minimum atomic E-state index is -1.34. The fraction of sp³-hybridized carbons (Fsp3) is 0.304. The molecule has 3 heterocycles. The number of carbonyl (C=O) groups excluding carboxylic acids is 1. The van der Waals surface area contributed by atoms with Gasteiger partial charge < -0.3 is 15.7 Å². The number of Topliss-reactive ketones (excluding diaryl/α,β-unsaturated/α-hetero) is 1.